The number of aromatic nitrogens is 2. The maximum atomic E-state index is 10.9. The number of rotatable bonds is 3. The Morgan fingerprint density at radius 3 is 2.62 bits per heavy atom. The van der Waals surface area contributed by atoms with Crippen molar-refractivity contribution >= 4 is 6.29 Å². The molecule has 0 spiro atoms. The maximum absolute atomic E-state index is 10.9. The summed E-state index contributed by atoms with van der Waals surface area (Å²) in [6.45, 7) is 1.78. The predicted octanol–water partition coefficient (Wildman–Crippen LogP) is 2.33. The van der Waals surface area contributed by atoms with Crippen LogP contribution in [0.15, 0.2) is 30.3 Å². The molecule has 2 aromatic rings. The molecule has 0 saturated carbocycles. The Balaban J connectivity index is 2.38. The van der Waals surface area contributed by atoms with Crippen molar-refractivity contribution in [3.05, 3.63) is 41.6 Å². The van der Waals surface area contributed by atoms with Gasteiger partial charge in [-0.15, -0.1) is 0 Å². The number of aldehydes is 1. The van der Waals surface area contributed by atoms with E-state index in [4.69, 9.17) is 4.74 Å². The van der Waals surface area contributed by atoms with Crippen molar-refractivity contribution in [1.29, 1.82) is 0 Å². The first-order chi connectivity index (χ1) is 7.72. The smallest absolute Gasteiger partial charge is 0.228 e. The lowest BCUT2D eigenvalue weighted by Crippen LogP contribution is -1.96. The summed E-state index contributed by atoms with van der Waals surface area (Å²) < 4.78 is 7.18. The quantitative estimate of drug-likeness (QED) is 0.739. The second-order valence-corrected chi connectivity index (χ2v) is 3.46. The number of hydrogen-bond donors (Lipinski definition) is 0. The molecule has 4 heteroatoms. The van der Waals surface area contributed by atoms with E-state index in [1.54, 1.807) is 18.7 Å². The largest absolute Gasteiger partial charge is 0.439 e. The summed E-state index contributed by atoms with van der Waals surface area (Å²) >= 11 is 0. The van der Waals surface area contributed by atoms with E-state index in [1.807, 2.05) is 30.3 Å². The lowest BCUT2D eigenvalue weighted by Gasteiger charge is -2.05. The highest BCUT2D eigenvalue weighted by molar-refractivity contribution is 5.80. The molecule has 0 bridgehead atoms. The van der Waals surface area contributed by atoms with Gasteiger partial charge in [-0.2, -0.15) is 5.10 Å². The van der Waals surface area contributed by atoms with Gasteiger partial charge in [0.05, 0.1) is 11.3 Å². The number of nitrogens with zero attached hydrogens (tertiary/aromatic N) is 2. The normalized spacial score (nSPS) is 10.1. The van der Waals surface area contributed by atoms with Crippen LogP contribution in [0, 0.1) is 6.92 Å². The van der Waals surface area contributed by atoms with E-state index in [2.05, 4.69) is 5.10 Å². The standard InChI is InChI=1S/C12H12N2O2/c1-9-11(8-15)12(14(2)13-9)16-10-6-4-3-5-7-10/h3-8H,1-2H3. The topological polar surface area (TPSA) is 44.1 Å². The third-order valence-corrected chi connectivity index (χ3v) is 2.29. The molecule has 4 nitrogen and oxygen atoms in total. The van der Waals surface area contributed by atoms with E-state index in [9.17, 15) is 4.79 Å². The molecule has 0 aliphatic rings. The van der Waals surface area contributed by atoms with Gasteiger partial charge in [0.1, 0.15) is 5.75 Å². The number of hydrogen-bond acceptors (Lipinski definition) is 3. The summed E-state index contributed by atoms with van der Waals surface area (Å²) in [5, 5.41) is 4.14. The van der Waals surface area contributed by atoms with Gasteiger partial charge in [-0.25, -0.2) is 4.68 Å². The molecule has 82 valence electrons. The van der Waals surface area contributed by atoms with Gasteiger partial charge >= 0.3 is 0 Å². The molecule has 1 aromatic carbocycles. The maximum Gasteiger partial charge on any atom is 0.228 e. The van der Waals surface area contributed by atoms with Gasteiger partial charge in [-0.05, 0) is 19.1 Å². The molecular formula is C12H12N2O2. The molecule has 0 N–H and O–H groups in total. The van der Waals surface area contributed by atoms with Gasteiger partial charge < -0.3 is 4.74 Å². The molecule has 0 amide bonds. The van der Waals surface area contributed by atoms with E-state index < -0.39 is 0 Å². The number of ether oxygens (including phenoxy) is 1. The Labute approximate surface area is 93.5 Å². The zero-order valence-corrected chi connectivity index (χ0v) is 9.18. The van der Waals surface area contributed by atoms with Crippen molar-refractivity contribution in [1.82, 2.24) is 9.78 Å². The fourth-order valence-electron chi connectivity index (χ4n) is 1.51. The molecule has 0 aliphatic carbocycles. The molecule has 0 saturated heterocycles. The van der Waals surface area contributed by atoms with Crippen LogP contribution < -0.4 is 4.74 Å². The first kappa shape index (κ1) is 10.4. The Hall–Kier alpha value is -2.10. The Kier molecular flexibility index (Phi) is 2.72. The van der Waals surface area contributed by atoms with Crippen LogP contribution in [0.25, 0.3) is 0 Å². The van der Waals surface area contributed by atoms with Crippen LogP contribution in [0.2, 0.25) is 0 Å². The molecule has 16 heavy (non-hydrogen) atoms. The highest BCUT2D eigenvalue weighted by Crippen LogP contribution is 2.25. The molecule has 2 rings (SSSR count). The van der Waals surface area contributed by atoms with Crippen molar-refractivity contribution in [2.24, 2.45) is 7.05 Å². The minimum absolute atomic E-state index is 0.471. The van der Waals surface area contributed by atoms with Crippen molar-refractivity contribution in [2.75, 3.05) is 0 Å². The second-order valence-electron chi connectivity index (χ2n) is 3.46. The van der Waals surface area contributed by atoms with E-state index in [0.717, 1.165) is 6.29 Å². The Bertz CT molecular complexity index is 503. The lowest BCUT2D eigenvalue weighted by atomic mass is 10.3. The predicted molar refractivity (Wildman–Crippen MR) is 59.8 cm³/mol. The molecular weight excluding hydrogens is 204 g/mol. The first-order valence-electron chi connectivity index (χ1n) is 4.94. The third kappa shape index (κ3) is 1.82. The summed E-state index contributed by atoms with van der Waals surface area (Å²) in [5.41, 5.74) is 1.16. The highest BCUT2D eigenvalue weighted by atomic mass is 16.5. The van der Waals surface area contributed by atoms with Crippen LogP contribution >= 0.6 is 0 Å². The molecule has 1 heterocycles. The lowest BCUT2D eigenvalue weighted by molar-refractivity contribution is 0.112. The second kappa shape index (κ2) is 4.18. The van der Waals surface area contributed by atoms with Crippen LogP contribution in [0.5, 0.6) is 11.6 Å². The number of benzene rings is 1. The van der Waals surface area contributed by atoms with Crippen LogP contribution in [0.4, 0.5) is 0 Å². The van der Waals surface area contributed by atoms with Crippen molar-refractivity contribution in [3.8, 4) is 11.6 Å². The van der Waals surface area contributed by atoms with Crippen molar-refractivity contribution in [2.45, 2.75) is 6.92 Å². The monoisotopic (exact) mass is 216 g/mol. The van der Waals surface area contributed by atoms with E-state index in [0.29, 0.717) is 22.9 Å². The number of para-hydroxylation sites is 1. The molecule has 0 aliphatic heterocycles. The minimum atomic E-state index is 0.471. The molecule has 0 unspecified atom stereocenters. The Morgan fingerprint density at radius 2 is 2.00 bits per heavy atom. The van der Waals surface area contributed by atoms with Crippen LogP contribution in [0.1, 0.15) is 16.1 Å². The van der Waals surface area contributed by atoms with Crippen LogP contribution in [0.3, 0.4) is 0 Å². The number of carbonyl (C=O) groups is 1. The molecule has 0 atom stereocenters. The third-order valence-electron chi connectivity index (χ3n) is 2.29. The summed E-state index contributed by atoms with van der Waals surface area (Å²) in [6, 6.07) is 9.31. The van der Waals surface area contributed by atoms with E-state index >= 15 is 0 Å². The van der Waals surface area contributed by atoms with Gasteiger partial charge in [0.25, 0.3) is 0 Å². The molecule has 1 aromatic heterocycles. The zero-order valence-electron chi connectivity index (χ0n) is 9.18. The first-order valence-corrected chi connectivity index (χ1v) is 4.94. The average molecular weight is 216 g/mol. The SMILES string of the molecule is Cc1nn(C)c(Oc2ccccc2)c1C=O. The van der Waals surface area contributed by atoms with Gasteiger partial charge in [0, 0.05) is 7.05 Å². The van der Waals surface area contributed by atoms with Crippen molar-refractivity contribution in [3.63, 3.8) is 0 Å². The van der Waals surface area contributed by atoms with Gasteiger partial charge in [-0.1, -0.05) is 18.2 Å². The van der Waals surface area contributed by atoms with E-state index in [1.165, 1.54) is 0 Å². The fourth-order valence-corrected chi connectivity index (χ4v) is 1.51. The number of aryl methyl sites for hydroxylation is 2. The average Bonchev–Trinajstić information content (AvgIpc) is 2.55. The van der Waals surface area contributed by atoms with E-state index in [-0.39, 0.29) is 0 Å². The highest BCUT2D eigenvalue weighted by Gasteiger charge is 2.14. The zero-order chi connectivity index (χ0) is 11.5. The summed E-state index contributed by atoms with van der Waals surface area (Å²) in [4.78, 5) is 10.9. The number of carbonyl (C=O) groups excluding carboxylic acids is 1. The van der Waals surface area contributed by atoms with Crippen molar-refractivity contribution < 1.29 is 9.53 Å². The summed E-state index contributed by atoms with van der Waals surface area (Å²) in [6.07, 6.45) is 0.764. The summed E-state index contributed by atoms with van der Waals surface area (Å²) in [7, 11) is 1.75. The molecule has 0 fully saturated rings. The van der Waals surface area contributed by atoms with Crippen LogP contribution in [-0.2, 0) is 7.05 Å². The summed E-state index contributed by atoms with van der Waals surface area (Å²) in [5.74, 6) is 1.16. The van der Waals surface area contributed by atoms with Gasteiger partial charge in [0.15, 0.2) is 6.29 Å². The van der Waals surface area contributed by atoms with Gasteiger partial charge in [0.2, 0.25) is 5.88 Å². The van der Waals surface area contributed by atoms with Gasteiger partial charge in [-0.3, -0.25) is 4.79 Å². The Morgan fingerprint density at radius 1 is 1.31 bits per heavy atom. The van der Waals surface area contributed by atoms with Crippen LogP contribution in [-0.4, -0.2) is 16.1 Å². The minimum Gasteiger partial charge on any atom is -0.439 e. The fraction of sp³-hybridized carbons (Fsp3) is 0.167. The molecule has 0 radical (unpaired) electrons.